The number of nitro benzene ring substituents is 1. The second-order valence-electron chi connectivity index (χ2n) is 4.13. The summed E-state index contributed by atoms with van der Waals surface area (Å²) < 4.78 is 10.6. The molecule has 21 heavy (non-hydrogen) atoms. The summed E-state index contributed by atoms with van der Waals surface area (Å²) in [5.74, 6) is 0.807. The first kappa shape index (κ1) is 14.4. The summed E-state index contributed by atoms with van der Waals surface area (Å²) in [7, 11) is 1.39. The lowest BCUT2D eigenvalue weighted by molar-refractivity contribution is -0.384. The third-order valence-corrected chi connectivity index (χ3v) is 2.68. The van der Waals surface area contributed by atoms with Crippen molar-refractivity contribution in [1.82, 2.24) is 4.98 Å². The number of aromatic nitrogens is 1. The van der Waals surface area contributed by atoms with Crippen LogP contribution in [0.4, 0.5) is 5.69 Å². The molecule has 0 aliphatic carbocycles. The maximum atomic E-state index is 11.1. The first-order valence-electron chi connectivity index (χ1n) is 5.98. The summed E-state index contributed by atoms with van der Waals surface area (Å²) in [6.07, 6.45) is 1.40. The highest BCUT2D eigenvalue weighted by Gasteiger charge is 2.13. The Morgan fingerprint density at radius 2 is 2.00 bits per heavy atom. The predicted molar refractivity (Wildman–Crippen MR) is 74.0 cm³/mol. The minimum atomic E-state index is -0.518. The molecule has 2 rings (SSSR count). The third-order valence-electron chi connectivity index (χ3n) is 2.68. The number of hydrogen-bond donors (Lipinski definition) is 0. The Hall–Kier alpha value is -2.96. The second kappa shape index (κ2) is 6.00. The summed E-state index contributed by atoms with van der Waals surface area (Å²) in [6, 6.07) is 7.15. The molecule has 108 valence electrons. The van der Waals surface area contributed by atoms with E-state index in [0.29, 0.717) is 17.2 Å². The van der Waals surface area contributed by atoms with E-state index >= 15 is 0 Å². The number of rotatable bonds is 5. The number of benzene rings is 1. The first-order valence-corrected chi connectivity index (χ1v) is 5.98. The van der Waals surface area contributed by atoms with Crippen molar-refractivity contribution in [2.45, 2.75) is 6.92 Å². The lowest BCUT2D eigenvalue weighted by atomic mass is 10.2. The molecule has 0 spiro atoms. The molecular weight excluding hydrogens is 276 g/mol. The highest BCUT2D eigenvalue weighted by Crippen LogP contribution is 2.34. The number of nitro groups is 1. The molecule has 0 fully saturated rings. The lowest BCUT2D eigenvalue weighted by Gasteiger charge is -2.09. The van der Waals surface area contributed by atoms with Gasteiger partial charge in [0.1, 0.15) is 11.4 Å². The molecule has 0 aliphatic rings. The number of Topliss-reactive ketones (excluding diaryl/α,β-unsaturated/α-hetero) is 1. The van der Waals surface area contributed by atoms with Gasteiger partial charge in [0.2, 0.25) is 0 Å². The zero-order chi connectivity index (χ0) is 15.4. The van der Waals surface area contributed by atoms with Crippen molar-refractivity contribution in [3.05, 3.63) is 52.3 Å². The van der Waals surface area contributed by atoms with Crippen LogP contribution in [0, 0.1) is 10.1 Å². The predicted octanol–water partition coefficient (Wildman–Crippen LogP) is 2.99. The summed E-state index contributed by atoms with van der Waals surface area (Å²) >= 11 is 0. The molecule has 1 aromatic heterocycles. The summed E-state index contributed by atoms with van der Waals surface area (Å²) in [5.41, 5.74) is 0.238. The van der Waals surface area contributed by atoms with E-state index in [4.69, 9.17) is 9.47 Å². The van der Waals surface area contributed by atoms with Crippen LogP contribution < -0.4 is 9.47 Å². The fourth-order valence-electron chi connectivity index (χ4n) is 1.63. The topological polar surface area (TPSA) is 91.6 Å². The van der Waals surface area contributed by atoms with Gasteiger partial charge < -0.3 is 9.47 Å². The maximum Gasteiger partial charge on any atom is 0.273 e. The highest BCUT2D eigenvalue weighted by atomic mass is 16.6. The Bertz CT molecular complexity index is 682. The molecule has 7 nitrogen and oxygen atoms in total. The summed E-state index contributed by atoms with van der Waals surface area (Å²) in [6.45, 7) is 1.42. The number of carbonyl (C=O) groups is 1. The van der Waals surface area contributed by atoms with Crippen molar-refractivity contribution in [3.63, 3.8) is 0 Å². The maximum absolute atomic E-state index is 11.1. The molecule has 0 radical (unpaired) electrons. The highest BCUT2D eigenvalue weighted by molar-refractivity contribution is 5.92. The standard InChI is InChI=1S/C14H12N2O5/c1-9(17)12-5-4-11(8-15-12)21-13-6-3-10(16(18)19)7-14(13)20-2/h3-8H,1-2H3. The molecule has 0 aliphatic heterocycles. The van der Waals surface area contributed by atoms with Crippen molar-refractivity contribution in [1.29, 1.82) is 0 Å². The molecule has 1 aromatic carbocycles. The summed E-state index contributed by atoms with van der Waals surface area (Å²) in [4.78, 5) is 25.3. The smallest absolute Gasteiger partial charge is 0.273 e. The van der Waals surface area contributed by atoms with Gasteiger partial charge in [0.15, 0.2) is 17.3 Å². The van der Waals surface area contributed by atoms with Gasteiger partial charge in [0.25, 0.3) is 5.69 Å². The van der Waals surface area contributed by atoms with Gasteiger partial charge in [0, 0.05) is 13.0 Å². The Morgan fingerprint density at radius 3 is 2.52 bits per heavy atom. The van der Waals surface area contributed by atoms with Crippen LogP contribution in [0.3, 0.4) is 0 Å². The number of methoxy groups -OCH3 is 1. The van der Waals surface area contributed by atoms with Gasteiger partial charge in [-0.3, -0.25) is 14.9 Å². The van der Waals surface area contributed by atoms with Crippen molar-refractivity contribution < 1.29 is 19.2 Å². The lowest BCUT2D eigenvalue weighted by Crippen LogP contribution is -1.97. The van der Waals surface area contributed by atoms with E-state index in [1.54, 1.807) is 6.07 Å². The van der Waals surface area contributed by atoms with Crippen LogP contribution in [0.15, 0.2) is 36.5 Å². The Labute approximate surface area is 120 Å². The molecule has 0 N–H and O–H groups in total. The third kappa shape index (κ3) is 3.33. The minimum Gasteiger partial charge on any atom is -0.493 e. The number of non-ortho nitro benzene ring substituents is 1. The zero-order valence-corrected chi connectivity index (χ0v) is 11.4. The van der Waals surface area contributed by atoms with Crippen LogP contribution in [0.25, 0.3) is 0 Å². The minimum absolute atomic E-state index is 0.0933. The average Bonchev–Trinajstić information content (AvgIpc) is 2.48. The SMILES string of the molecule is COc1cc([N+](=O)[O-])ccc1Oc1ccc(C(C)=O)nc1. The van der Waals surface area contributed by atoms with Gasteiger partial charge >= 0.3 is 0 Å². The van der Waals surface area contributed by atoms with Crippen LogP contribution in [-0.2, 0) is 0 Å². The molecule has 1 heterocycles. The molecule has 2 aromatic rings. The number of nitrogens with zero attached hydrogens (tertiary/aromatic N) is 2. The van der Waals surface area contributed by atoms with Crippen LogP contribution in [-0.4, -0.2) is 22.8 Å². The van der Waals surface area contributed by atoms with E-state index in [0.717, 1.165) is 0 Å². The van der Waals surface area contributed by atoms with Crippen LogP contribution in [0.2, 0.25) is 0 Å². The van der Waals surface area contributed by atoms with Gasteiger partial charge in [-0.05, 0) is 18.2 Å². The Kier molecular flexibility index (Phi) is 4.13. The number of carbonyl (C=O) groups excluding carboxylic acids is 1. The summed E-state index contributed by atoms with van der Waals surface area (Å²) in [5, 5.41) is 10.7. The van der Waals surface area contributed by atoms with E-state index < -0.39 is 4.92 Å². The molecule has 7 heteroatoms. The normalized spacial score (nSPS) is 10.0. The molecule has 0 saturated heterocycles. The Morgan fingerprint density at radius 1 is 1.24 bits per heavy atom. The Balaban J connectivity index is 2.26. The van der Waals surface area contributed by atoms with Crippen molar-refractivity contribution in [3.8, 4) is 17.2 Å². The first-order chi connectivity index (χ1) is 10.0. The van der Waals surface area contributed by atoms with Crippen LogP contribution >= 0.6 is 0 Å². The molecule has 0 saturated carbocycles. The molecule has 0 atom stereocenters. The molecular formula is C14H12N2O5. The molecule has 0 bridgehead atoms. The van der Waals surface area contributed by atoms with Gasteiger partial charge in [0.05, 0.1) is 24.3 Å². The van der Waals surface area contributed by atoms with E-state index in [2.05, 4.69) is 4.98 Å². The van der Waals surface area contributed by atoms with Gasteiger partial charge in [-0.15, -0.1) is 0 Å². The van der Waals surface area contributed by atoms with E-state index in [1.807, 2.05) is 0 Å². The van der Waals surface area contributed by atoms with Crippen molar-refractivity contribution in [2.75, 3.05) is 7.11 Å². The molecule has 0 amide bonds. The number of ketones is 1. The average molecular weight is 288 g/mol. The fourth-order valence-corrected chi connectivity index (χ4v) is 1.63. The van der Waals surface area contributed by atoms with Crippen LogP contribution in [0.1, 0.15) is 17.4 Å². The van der Waals surface area contributed by atoms with E-state index in [1.165, 1.54) is 44.5 Å². The number of pyridine rings is 1. The monoisotopic (exact) mass is 288 g/mol. The number of ether oxygens (including phenoxy) is 2. The van der Waals surface area contributed by atoms with Gasteiger partial charge in [-0.25, -0.2) is 4.98 Å². The molecule has 0 unspecified atom stereocenters. The van der Waals surface area contributed by atoms with Crippen LogP contribution in [0.5, 0.6) is 17.2 Å². The fraction of sp³-hybridized carbons (Fsp3) is 0.143. The van der Waals surface area contributed by atoms with Crippen molar-refractivity contribution in [2.24, 2.45) is 0 Å². The largest absolute Gasteiger partial charge is 0.493 e. The van der Waals surface area contributed by atoms with Gasteiger partial charge in [-0.1, -0.05) is 0 Å². The van der Waals surface area contributed by atoms with E-state index in [9.17, 15) is 14.9 Å². The zero-order valence-electron chi connectivity index (χ0n) is 11.4. The number of hydrogen-bond acceptors (Lipinski definition) is 6. The quantitative estimate of drug-likeness (QED) is 0.477. The van der Waals surface area contributed by atoms with Crippen molar-refractivity contribution >= 4 is 11.5 Å². The van der Waals surface area contributed by atoms with E-state index in [-0.39, 0.29) is 17.2 Å². The second-order valence-corrected chi connectivity index (χ2v) is 4.13. The van der Waals surface area contributed by atoms with Gasteiger partial charge in [-0.2, -0.15) is 0 Å².